The van der Waals surface area contributed by atoms with Crippen LogP contribution in [0.4, 0.5) is 22.7 Å². The number of anilines is 4. The summed E-state index contributed by atoms with van der Waals surface area (Å²) in [5.41, 5.74) is 14.5. The third kappa shape index (κ3) is 5.65. The van der Waals surface area contributed by atoms with Crippen LogP contribution in [0.15, 0.2) is 133 Å². The zero-order valence-electron chi connectivity index (χ0n) is 29.9. The normalized spacial score (nSPS) is 11.8. The largest absolute Gasteiger partial charge is 0.355 e. The van der Waals surface area contributed by atoms with E-state index in [1.165, 1.54) is 76.8 Å². The highest BCUT2D eigenvalue weighted by molar-refractivity contribution is 6.32. The monoisotopic (exact) mass is 648 g/mol. The van der Waals surface area contributed by atoms with Crippen molar-refractivity contribution in [3.63, 3.8) is 0 Å². The number of hydrogen-bond acceptors (Lipinski definition) is 2. The molecule has 0 aliphatic heterocycles. The van der Waals surface area contributed by atoms with Gasteiger partial charge in [0.2, 0.25) is 0 Å². The van der Waals surface area contributed by atoms with Crippen LogP contribution in [0, 0.1) is 13.8 Å². The Morgan fingerprint density at radius 3 is 1.44 bits per heavy atom. The quantitative estimate of drug-likeness (QED) is 0.160. The Labute approximate surface area is 296 Å². The SMILES string of the molecule is Cc1ccc(Nc2ccc3ccc4c(Nc5ccc(C)cc5)c(-c5ccc(C(C)C)cc5)c(-c5ccc(C(C)C)cc5)c5ccc2c3c45)cc1. The van der Waals surface area contributed by atoms with Crippen molar-refractivity contribution in [3.8, 4) is 22.3 Å². The molecule has 0 atom stereocenters. The van der Waals surface area contributed by atoms with Gasteiger partial charge in [-0.2, -0.15) is 0 Å². The zero-order chi connectivity index (χ0) is 34.5. The van der Waals surface area contributed by atoms with E-state index in [0.717, 1.165) is 22.7 Å². The molecule has 2 heteroatoms. The summed E-state index contributed by atoms with van der Waals surface area (Å²) in [7, 11) is 0. The molecule has 8 rings (SSSR count). The molecule has 0 bridgehead atoms. The van der Waals surface area contributed by atoms with Crippen LogP contribution in [-0.2, 0) is 0 Å². The van der Waals surface area contributed by atoms with E-state index in [1.807, 2.05) is 0 Å². The summed E-state index contributed by atoms with van der Waals surface area (Å²) in [4.78, 5) is 0. The summed E-state index contributed by atoms with van der Waals surface area (Å²) in [6, 6.07) is 49.7. The minimum atomic E-state index is 0.463. The lowest BCUT2D eigenvalue weighted by atomic mass is 9.82. The first-order chi connectivity index (χ1) is 24.2. The van der Waals surface area contributed by atoms with Crippen molar-refractivity contribution in [2.24, 2.45) is 0 Å². The Morgan fingerprint density at radius 2 is 0.880 bits per heavy atom. The highest BCUT2D eigenvalue weighted by Gasteiger charge is 2.24. The minimum Gasteiger partial charge on any atom is -0.355 e. The van der Waals surface area contributed by atoms with Gasteiger partial charge in [0.1, 0.15) is 0 Å². The Balaban J connectivity index is 1.48. The molecule has 0 aliphatic carbocycles. The van der Waals surface area contributed by atoms with Crippen molar-refractivity contribution >= 4 is 55.1 Å². The summed E-state index contributed by atoms with van der Waals surface area (Å²) < 4.78 is 0. The lowest BCUT2D eigenvalue weighted by Crippen LogP contribution is -2.01. The Hall–Kier alpha value is -5.60. The summed E-state index contributed by atoms with van der Waals surface area (Å²) in [5.74, 6) is 0.928. The van der Waals surface area contributed by atoms with Gasteiger partial charge >= 0.3 is 0 Å². The lowest BCUT2D eigenvalue weighted by Gasteiger charge is -2.25. The van der Waals surface area contributed by atoms with Gasteiger partial charge in [-0.05, 0) is 100.0 Å². The van der Waals surface area contributed by atoms with Gasteiger partial charge in [0.25, 0.3) is 0 Å². The summed E-state index contributed by atoms with van der Waals surface area (Å²) in [6.07, 6.45) is 0. The highest BCUT2D eigenvalue weighted by Crippen LogP contribution is 2.51. The van der Waals surface area contributed by atoms with Gasteiger partial charge in [-0.1, -0.05) is 142 Å². The van der Waals surface area contributed by atoms with E-state index in [9.17, 15) is 0 Å². The molecule has 2 N–H and O–H groups in total. The van der Waals surface area contributed by atoms with Crippen LogP contribution >= 0.6 is 0 Å². The van der Waals surface area contributed by atoms with Gasteiger partial charge in [-0.3, -0.25) is 0 Å². The van der Waals surface area contributed by atoms with E-state index in [4.69, 9.17) is 0 Å². The maximum Gasteiger partial charge on any atom is 0.0550 e. The van der Waals surface area contributed by atoms with Crippen molar-refractivity contribution in [2.45, 2.75) is 53.4 Å². The van der Waals surface area contributed by atoms with Gasteiger partial charge in [0.05, 0.1) is 5.69 Å². The van der Waals surface area contributed by atoms with Gasteiger partial charge in [0.15, 0.2) is 0 Å². The number of hydrogen-bond donors (Lipinski definition) is 2. The van der Waals surface area contributed by atoms with E-state index >= 15 is 0 Å². The van der Waals surface area contributed by atoms with E-state index in [-0.39, 0.29) is 0 Å². The molecule has 50 heavy (non-hydrogen) atoms. The number of aryl methyl sites for hydroxylation is 2. The predicted molar refractivity (Wildman–Crippen MR) is 218 cm³/mol. The second-order valence-electron chi connectivity index (χ2n) is 14.5. The standard InChI is InChI=1S/C48H44N2/c1-29(2)33-11-15-35(16-12-33)45-41-27-26-40-43(49-38-21-7-31(5)8-22-38)28-20-36-19-25-42(47(41)44(36)40)48(50-39-23-9-32(6)10-24-39)46(45)37-17-13-34(14-18-37)30(3)4/h7-30,49-50H,1-6H3. The Kier molecular flexibility index (Phi) is 8.04. The fourth-order valence-corrected chi connectivity index (χ4v) is 7.43. The number of nitrogens with one attached hydrogen (secondary N) is 2. The second-order valence-corrected chi connectivity index (χ2v) is 14.5. The second kappa shape index (κ2) is 12.7. The molecule has 0 aromatic heterocycles. The molecule has 0 saturated carbocycles. The van der Waals surface area contributed by atoms with E-state index < -0.39 is 0 Å². The van der Waals surface area contributed by atoms with Crippen LogP contribution < -0.4 is 10.6 Å². The van der Waals surface area contributed by atoms with Gasteiger partial charge < -0.3 is 10.6 Å². The molecular weight excluding hydrogens is 605 g/mol. The molecule has 0 amide bonds. The predicted octanol–water partition coefficient (Wildman–Crippen LogP) is 14.3. The molecule has 8 aromatic carbocycles. The molecule has 0 radical (unpaired) electrons. The first-order valence-corrected chi connectivity index (χ1v) is 17.9. The molecule has 246 valence electrons. The summed E-state index contributed by atoms with van der Waals surface area (Å²) in [5, 5.41) is 15.2. The maximum atomic E-state index is 3.97. The molecule has 0 aliphatic rings. The van der Waals surface area contributed by atoms with E-state index in [2.05, 4.69) is 186 Å². The first-order valence-electron chi connectivity index (χ1n) is 17.9. The third-order valence-corrected chi connectivity index (χ3v) is 10.3. The lowest BCUT2D eigenvalue weighted by molar-refractivity contribution is 0.867. The maximum absolute atomic E-state index is 3.97. The van der Waals surface area contributed by atoms with Crippen LogP contribution in [0.1, 0.15) is 61.8 Å². The van der Waals surface area contributed by atoms with Crippen LogP contribution in [0.2, 0.25) is 0 Å². The molecular formula is C48H44N2. The van der Waals surface area contributed by atoms with E-state index in [1.54, 1.807) is 0 Å². The average Bonchev–Trinajstić information content (AvgIpc) is 3.13. The Morgan fingerprint density at radius 1 is 0.400 bits per heavy atom. The van der Waals surface area contributed by atoms with Gasteiger partial charge in [-0.15, -0.1) is 0 Å². The molecule has 0 saturated heterocycles. The first kappa shape index (κ1) is 31.7. The summed E-state index contributed by atoms with van der Waals surface area (Å²) in [6.45, 7) is 13.3. The van der Waals surface area contributed by atoms with Crippen LogP contribution in [0.25, 0.3) is 54.6 Å². The van der Waals surface area contributed by atoms with Crippen molar-refractivity contribution in [1.82, 2.24) is 0 Å². The number of rotatable bonds is 8. The molecule has 0 spiro atoms. The van der Waals surface area contributed by atoms with Gasteiger partial charge in [0, 0.05) is 38.8 Å². The van der Waals surface area contributed by atoms with Gasteiger partial charge in [-0.25, -0.2) is 0 Å². The molecule has 0 heterocycles. The smallest absolute Gasteiger partial charge is 0.0550 e. The zero-order valence-corrected chi connectivity index (χ0v) is 29.9. The highest BCUT2D eigenvalue weighted by atomic mass is 14.9. The van der Waals surface area contributed by atoms with E-state index in [0.29, 0.717) is 11.8 Å². The van der Waals surface area contributed by atoms with Crippen LogP contribution in [-0.4, -0.2) is 0 Å². The third-order valence-electron chi connectivity index (χ3n) is 10.3. The van der Waals surface area contributed by atoms with Crippen LogP contribution in [0.5, 0.6) is 0 Å². The average molecular weight is 649 g/mol. The fourth-order valence-electron chi connectivity index (χ4n) is 7.43. The molecule has 2 nitrogen and oxygen atoms in total. The fraction of sp³-hybridized carbons (Fsp3) is 0.167. The Bertz CT molecular complexity index is 2450. The van der Waals surface area contributed by atoms with Crippen molar-refractivity contribution in [1.29, 1.82) is 0 Å². The molecule has 0 unspecified atom stereocenters. The molecule has 8 aromatic rings. The number of benzene rings is 8. The summed E-state index contributed by atoms with van der Waals surface area (Å²) >= 11 is 0. The van der Waals surface area contributed by atoms with Crippen molar-refractivity contribution in [3.05, 3.63) is 156 Å². The van der Waals surface area contributed by atoms with Crippen molar-refractivity contribution < 1.29 is 0 Å². The van der Waals surface area contributed by atoms with Crippen LogP contribution in [0.3, 0.4) is 0 Å². The minimum absolute atomic E-state index is 0.463. The molecule has 0 fully saturated rings. The van der Waals surface area contributed by atoms with Crippen molar-refractivity contribution in [2.75, 3.05) is 10.6 Å². The topological polar surface area (TPSA) is 24.1 Å².